The summed E-state index contributed by atoms with van der Waals surface area (Å²) in [7, 11) is 0. The summed E-state index contributed by atoms with van der Waals surface area (Å²) in [6.45, 7) is 4.25. The molecule has 2 nitrogen and oxygen atoms in total. The molecule has 3 N–H and O–H groups in total. The summed E-state index contributed by atoms with van der Waals surface area (Å²) in [6, 6.07) is 2.04. The SMILES string of the molecule is Cc1cc(CC(N)CO)c(C)s1. The summed E-state index contributed by atoms with van der Waals surface area (Å²) in [5.74, 6) is 0. The largest absolute Gasteiger partial charge is 0.395 e. The van der Waals surface area contributed by atoms with E-state index in [4.69, 9.17) is 10.8 Å². The highest BCUT2D eigenvalue weighted by molar-refractivity contribution is 7.12. The predicted molar refractivity (Wildman–Crippen MR) is 52.6 cm³/mol. The summed E-state index contributed by atoms with van der Waals surface area (Å²) in [4.78, 5) is 2.63. The highest BCUT2D eigenvalue weighted by Gasteiger charge is 2.07. The van der Waals surface area contributed by atoms with Crippen LogP contribution in [0, 0.1) is 13.8 Å². The summed E-state index contributed by atoms with van der Waals surface area (Å²) in [5.41, 5.74) is 6.91. The monoisotopic (exact) mass is 185 g/mol. The van der Waals surface area contributed by atoms with Crippen LogP contribution < -0.4 is 5.73 Å². The minimum absolute atomic E-state index is 0.0638. The molecular weight excluding hydrogens is 170 g/mol. The fraction of sp³-hybridized carbons (Fsp3) is 0.556. The Kier molecular flexibility index (Phi) is 3.26. The Balaban J connectivity index is 2.68. The Morgan fingerprint density at radius 2 is 2.25 bits per heavy atom. The van der Waals surface area contributed by atoms with E-state index in [0.29, 0.717) is 0 Å². The maximum Gasteiger partial charge on any atom is 0.0585 e. The topological polar surface area (TPSA) is 46.2 Å². The van der Waals surface area contributed by atoms with Crippen molar-refractivity contribution < 1.29 is 5.11 Å². The number of aliphatic hydroxyl groups excluding tert-OH is 1. The quantitative estimate of drug-likeness (QED) is 0.744. The van der Waals surface area contributed by atoms with Crippen LogP contribution in [-0.2, 0) is 6.42 Å². The van der Waals surface area contributed by atoms with Gasteiger partial charge in [-0.25, -0.2) is 0 Å². The van der Waals surface area contributed by atoms with Gasteiger partial charge in [-0.15, -0.1) is 11.3 Å². The average Bonchev–Trinajstić information content (AvgIpc) is 2.30. The molecule has 3 heteroatoms. The Morgan fingerprint density at radius 3 is 2.67 bits per heavy atom. The van der Waals surface area contributed by atoms with Crippen LogP contribution in [0.2, 0.25) is 0 Å². The van der Waals surface area contributed by atoms with Crippen LogP contribution in [0.3, 0.4) is 0 Å². The molecule has 0 radical (unpaired) electrons. The Morgan fingerprint density at radius 1 is 1.58 bits per heavy atom. The normalized spacial score (nSPS) is 13.3. The molecule has 1 rings (SSSR count). The maximum absolute atomic E-state index is 8.77. The van der Waals surface area contributed by atoms with Crippen molar-refractivity contribution >= 4 is 11.3 Å². The third-order valence-electron chi connectivity index (χ3n) is 1.86. The molecule has 0 amide bonds. The van der Waals surface area contributed by atoms with Gasteiger partial charge in [0.25, 0.3) is 0 Å². The van der Waals surface area contributed by atoms with Crippen LogP contribution in [0.5, 0.6) is 0 Å². The van der Waals surface area contributed by atoms with E-state index in [1.165, 1.54) is 15.3 Å². The van der Waals surface area contributed by atoms with Crippen molar-refractivity contribution in [1.29, 1.82) is 0 Å². The zero-order chi connectivity index (χ0) is 9.14. The number of nitrogens with two attached hydrogens (primary N) is 1. The first-order valence-electron chi connectivity index (χ1n) is 4.06. The summed E-state index contributed by atoms with van der Waals surface area (Å²) >= 11 is 1.78. The van der Waals surface area contributed by atoms with Crippen LogP contribution in [0.25, 0.3) is 0 Å². The van der Waals surface area contributed by atoms with Gasteiger partial charge in [-0.1, -0.05) is 0 Å². The minimum atomic E-state index is -0.113. The highest BCUT2D eigenvalue weighted by Crippen LogP contribution is 2.21. The standard InChI is InChI=1S/C9H15NOS/c1-6-3-8(7(2)12-6)4-9(10)5-11/h3,9,11H,4-5,10H2,1-2H3. The molecule has 1 atom stereocenters. The lowest BCUT2D eigenvalue weighted by Gasteiger charge is -2.06. The molecule has 0 fully saturated rings. The van der Waals surface area contributed by atoms with E-state index in [0.717, 1.165) is 6.42 Å². The molecule has 0 aliphatic rings. The Hall–Kier alpha value is -0.380. The second kappa shape index (κ2) is 4.03. The van der Waals surface area contributed by atoms with E-state index < -0.39 is 0 Å². The molecule has 0 saturated carbocycles. The van der Waals surface area contributed by atoms with Crippen LogP contribution in [0.4, 0.5) is 0 Å². The first-order chi connectivity index (χ1) is 5.63. The molecule has 0 bridgehead atoms. The average molecular weight is 185 g/mol. The number of aryl methyl sites for hydroxylation is 2. The molecule has 1 aromatic rings. The first-order valence-corrected chi connectivity index (χ1v) is 4.87. The van der Waals surface area contributed by atoms with Crippen molar-refractivity contribution in [3.63, 3.8) is 0 Å². The molecule has 0 spiro atoms. The molecule has 0 aromatic carbocycles. The number of aliphatic hydroxyl groups is 1. The van der Waals surface area contributed by atoms with Crippen molar-refractivity contribution in [2.24, 2.45) is 5.73 Å². The van der Waals surface area contributed by atoms with Gasteiger partial charge >= 0.3 is 0 Å². The minimum Gasteiger partial charge on any atom is -0.395 e. The van der Waals surface area contributed by atoms with Crippen molar-refractivity contribution in [1.82, 2.24) is 0 Å². The fourth-order valence-electron chi connectivity index (χ4n) is 1.23. The van der Waals surface area contributed by atoms with Crippen molar-refractivity contribution in [3.8, 4) is 0 Å². The van der Waals surface area contributed by atoms with Gasteiger partial charge in [0, 0.05) is 15.8 Å². The first kappa shape index (κ1) is 9.71. The molecule has 0 aliphatic heterocycles. The van der Waals surface area contributed by atoms with Gasteiger partial charge in [-0.2, -0.15) is 0 Å². The van der Waals surface area contributed by atoms with E-state index in [2.05, 4.69) is 19.9 Å². The second-order valence-electron chi connectivity index (χ2n) is 3.09. The predicted octanol–water partition coefficient (Wildman–Crippen LogP) is 1.23. The van der Waals surface area contributed by atoms with Gasteiger partial charge < -0.3 is 10.8 Å². The Bertz CT molecular complexity index is 257. The van der Waals surface area contributed by atoms with E-state index in [9.17, 15) is 0 Å². The second-order valence-corrected chi connectivity index (χ2v) is 4.55. The smallest absolute Gasteiger partial charge is 0.0585 e. The maximum atomic E-state index is 8.77. The lowest BCUT2D eigenvalue weighted by atomic mass is 10.1. The van der Waals surface area contributed by atoms with Gasteiger partial charge in [0.05, 0.1) is 6.61 Å². The van der Waals surface area contributed by atoms with E-state index in [1.54, 1.807) is 11.3 Å². The third-order valence-corrected chi connectivity index (χ3v) is 2.87. The third kappa shape index (κ3) is 2.30. The van der Waals surface area contributed by atoms with Crippen molar-refractivity contribution in [2.75, 3.05) is 6.61 Å². The Labute approximate surface area is 77.0 Å². The molecule has 1 unspecified atom stereocenters. The van der Waals surface area contributed by atoms with Crippen LogP contribution in [0.1, 0.15) is 15.3 Å². The zero-order valence-corrected chi connectivity index (χ0v) is 8.32. The molecule has 1 heterocycles. The lowest BCUT2D eigenvalue weighted by Crippen LogP contribution is -2.26. The number of rotatable bonds is 3. The number of hydrogen-bond donors (Lipinski definition) is 2. The van der Waals surface area contributed by atoms with Gasteiger partial charge in [0.1, 0.15) is 0 Å². The van der Waals surface area contributed by atoms with Crippen molar-refractivity contribution in [2.45, 2.75) is 26.3 Å². The van der Waals surface area contributed by atoms with Crippen LogP contribution >= 0.6 is 11.3 Å². The number of thiophene rings is 1. The fourth-order valence-corrected chi connectivity index (χ4v) is 2.19. The van der Waals surface area contributed by atoms with Gasteiger partial charge in [-0.3, -0.25) is 0 Å². The van der Waals surface area contributed by atoms with E-state index >= 15 is 0 Å². The van der Waals surface area contributed by atoms with Crippen molar-refractivity contribution in [3.05, 3.63) is 21.4 Å². The van der Waals surface area contributed by atoms with Crippen LogP contribution in [-0.4, -0.2) is 17.8 Å². The highest BCUT2D eigenvalue weighted by atomic mass is 32.1. The summed E-state index contributed by atoms with van der Waals surface area (Å²) in [6.07, 6.45) is 0.784. The van der Waals surface area contributed by atoms with Gasteiger partial charge in [0.15, 0.2) is 0 Å². The van der Waals surface area contributed by atoms with E-state index in [1.807, 2.05) is 0 Å². The summed E-state index contributed by atoms with van der Waals surface area (Å²) < 4.78 is 0. The molecule has 12 heavy (non-hydrogen) atoms. The van der Waals surface area contributed by atoms with Gasteiger partial charge in [-0.05, 0) is 31.9 Å². The summed E-state index contributed by atoms with van der Waals surface area (Å²) in [5, 5.41) is 8.77. The molecule has 0 saturated heterocycles. The zero-order valence-electron chi connectivity index (χ0n) is 7.50. The van der Waals surface area contributed by atoms with Gasteiger partial charge in [0.2, 0.25) is 0 Å². The molecule has 1 aromatic heterocycles. The van der Waals surface area contributed by atoms with Crippen LogP contribution in [0.15, 0.2) is 6.07 Å². The lowest BCUT2D eigenvalue weighted by molar-refractivity contribution is 0.265. The number of hydrogen-bond acceptors (Lipinski definition) is 3. The van der Waals surface area contributed by atoms with E-state index in [-0.39, 0.29) is 12.6 Å². The molecule has 68 valence electrons. The molecule has 0 aliphatic carbocycles. The molecular formula is C9H15NOS.